The van der Waals surface area contributed by atoms with Gasteiger partial charge in [-0.1, -0.05) is 18.2 Å². The standard InChI is InChI=1S/C15H20N2O2/c1-10-6-7-11-4-2-3-5-14(11)17(10)15(18)12-8-19-9-13(12)16/h2-5,10,12-13H,6-9,16H2,1H3. The molecule has 3 atom stereocenters. The summed E-state index contributed by atoms with van der Waals surface area (Å²) in [5.41, 5.74) is 8.28. The maximum Gasteiger partial charge on any atom is 0.234 e. The lowest BCUT2D eigenvalue weighted by Gasteiger charge is -2.37. The molecule has 0 spiro atoms. The van der Waals surface area contributed by atoms with Crippen LogP contribution in [0.25, 0.3) is 0 Å². The second-order valence-electron chi connectivity index (χ2n) is 5.53. The lowest BCUT2D eigenvalue weighted by atomic mass is 9.93. The summed E-state index contributed by atoms with van der Waals surface area (Å²) < 4.78 is 5.33. The number of amides is 1. The maximum atomic E-state index is 12.7. The number of aryl methyl sites for hydroxylation is 1. The van der Waals surface area contributed by atoms with E-state index >= 15 is 0 Å². The maximum absolute atomic E-state index is 12.7. The van der Waals surface area contributed by atoms with Gasteiger partial charge in [0.25, 0.3) is 0 Å². The molecule has 2 heterocycles. The van der Waals surface area contributed by atoms with E-state index in [0.717, 1.165) is 18.5 Å². The summed E-state index contributed by atoms with van der Waals surface area (Å²) in [7, 11) is 0. The number of benzene rings is 1. The van der Waals surface area contributed by atoms with E-state index in [9.17, 15) is 4.79 Å². The van der Waals surface area contributed by atoms with Crippen molar-refractivity contribution in [2.24, 2.45) is 11.7 Å². The molecule has 0 bridgehead atoms. The number of hydrogen-bond acceptors (Lipinski definition) is 3. The summed E-state index contributed by atoms with van der Waals surface area (Å²) in [4.78, 5) is 14.7. The molecule has 4 nitrogen and oxygen atoms in total. The van der Waals surface area contributed by atoms with E-state index in [0.29, 0.717) is 13.2 Å². The fourth-order valence-electron chi connectivity index (χ4n) is 3.03. The van der Waals surface area contributed by atoms with Gasteiger partial charge in [0.15, 0.2) is 0 Å². The first kappa shape index (κ1) is 12.6. The predicted octanol–water partition coefficient (Wildman–Crippen LogP) is 1.33. The Morgan fingerprint density at radius 2 is 2.16 bits per heavy atom. The molecule has 4 heteroatoms. The molecular weight excluding hydrogens is 240 g/mol. The first-order chi connectivity index (χ1) is 9.18. The molecule has 19 heavy (non-hydrogen) atoms. The molecule has 0 aliphatic carbocycles. The highest BCUT2D eigenvalue weighted by Gasteiger charge is 2.38. The molecule has 0 aromatic heterocycles. The molecule has 1 fully saturated rings. The average molecular weight is 260 g/mol. The zero-order valence-corrected chi connectivity index (χ0v) is 11.2. The van der Waals surface area contributed by atoms with E-state index in [4.69, 9.17) is 10.5 Å². The highest BCUT2D eigenvalue weighted by Crippen LogP contribution is 2.32. The Kier molecular flexibility index (Phi) is 3.29. The lowest BCUT2D eigenvalue weighted by Crippen LogP contribution is -2.49. The third-order valence-electron chi connectivity index (χ3n) is 4.20. The van der Waals surface area contributed by atoms with Crippen molar-refractivity contribution in [2.45, 2.75) is 31.8 Å². The monoisotopic (exact) mass is 260 g/mol. The van der Waals surface area contributed by atoms with Gasteiger partial charge in [-0.05, 0) is 31.4 Å². The van der Waals surface area contributed by atoms with E-state index in [2.05, 4.69) is 13.0 Å². The van der Waals surface area contributed by atoms with Crippen LogP contribution in [-0.2, 0) is 16.0 Å². The second kappa shape index (κ2) is 4.94. The minimum Gasteiger partial charge on any atom is -0.379 e. The van der Waals surface area contributed by atoms with Gasteiger partial charge in [0, 0.05) is 17.8 Å². The summed E-state index contributed by atoms with van der Waals surface area (Å²) in [6.45, 7) is 3.04. The number of carbonyl (C=O) groups is 1. The third kappa shape index (κ3) is 2.15. The van der Waals surface area contributed by atoms with Crippen molar-refractivity contribution in [1.82, 2.24) is 0 Å². The van der Waals surface area contributed by atoms with Gasteiger partial charge in [-0.3, -0.25) is 4.79 Å². The van der Waals surface area contributed by atoms with Crippen molar-refractivity contribution in [2.75, 3.05) is 18.1 Å². The second-order valence-corrected chi connectivity index (χ2v) is 5.53. The third-order valence-corrected chi connectivity index (χ3v) is 4.20. The van der Waals surface area contributed by atoms with Gasteiger partial charge in [-0.25, -0.2) is 0 Å². The first-order valence-corrected chi connectivity index (χ1v) is 6.93. The van der Waals surface area contributed by atoms with Crippen LogP contribution in [0.15, 0.2) is 24.3 Å². The number of fused-ring (bicyclic) bond motifs is 1. The van der Waals surface area contributed by atoms with Crippen molar-refractivity contribution in [3.8, 4) is 0 Å². The van der Waals surface area contributed by atoms with Crippen molar-refractivity contribution < 1.29 is 9.53 Å². The Bertz CT molecular complexity index is 489. The number of para-hydroxylation sites is 1. The van der Waals surface area contributed by atoms with Gasteiger partial charge in [0.05, 0.1) is 19.1 Å². The minimum absolute atomic E-state index is 0.115. The van der Waals surface area contributed by atoms with Crippen LogP contribution in [0.3, 0.4) is 0 Å². The number of nitrogens with two attached hydrogens (primary N) is 1. The Hall–Kier alpha value is -1.39. The van der Waals surface area contributed by atoms with Gasteiger partial charge >= 0.3 is 0 Å². The van der Waals surface area contributed by atoms with E-state index in [1.54, 1.807) is 0 Å². The smallest absolute Gasteiger partial charge is 0.234 e. The van der Waals surface area contributed by atoms with E-state index in [-0.39, 0.29) is 23.9 Å². The van der Waals surface area contributed by atoms with Crippen LogP contribution in [0.5, 0.6) is 0 Å². The Labute approximate surface area is 113 Å². The van der Waals surface area contributed by atoms with Crippen LogP contribution in [-0.4, -0.2) is 31.2 Å². The zero-order chi connectivity index (χ0) is 13.4. The summed E-state index contributed by atoms with van der Waals surface area (Å²) in [5, 5.41) is 0. The lowest BCUT2D eigenvalue weighted by molar-refractivity contribution is -0.123. The Morgan fingerprint density at radius 3 is 2.89 bits per heavy atom. The van der Waals surface area contributed by atoms with Crippen molar-refractivity contribution in [1.29, 1.82) is 0 Å². The van der Waals surface area contributed by atoms with Crippen LogP contribution in [0.2, 0.25) is 0 Å². The largest absolute Gasteiger partial charge is 0.379 e. The zero-order valence-electron chi connectivity index (χ0n) is 11.2. The molecular formula is C15H20N2O2. The molecule has 3 unspecified atom stereocenters. The number of nitrogens with zero attached hydrogens (tertiary/aromatic N) is 1. The van der Waals surface area contributed by atoms with Crippen molar-refractivity contribution in [3.05, 3.63) is 29.8 Å². The van der Waals surface area contributed by atoms with E-state index in [1.165, 1.54) is 5.56 Å². The molecule has 1 saturated heterocycles. The van der Waals surface area contributed by atoms with Crippen molar-refractivity contribution in [3.63, 3.8) is 0 Å². The molecule has 1 amide bonds. The number of anilines is 1. The Balaban J connectivity index is 1.93. The van der Waals surface area contributed by atoms with Crippen LogP contribution in [0, 0.1) is 5.92 Å². The average Bonchev–Trinajstić information content (AvgIpc) is 2.84. The molecule has 102 valence electrons. The van der Waals surface area contributed by atoms with Crippen LogP contribution in [0.4, 0.5) is 5.69 Å². The molecule has 0 radical (unpaired) electrons. The van der Waals surface area contributed by atoms with Gasteiger partial charge in [-0.2, -0.15) is 0 Å². The summed E-state index contributed by atoms with van der Waals surface area (Å²) >= 11 is 0. The number of carbonyl (C=O) groups excluding carboxylic acids is 1. The van der Waals surface area contributed by atoms with Crippen LogP contribution < -0.4 is 10.6 Å². The van der Waals surface area contributed by atoms with E-state index < -0.39 is 0 Å². The minimum atomic E-state index is -0.200. The molecule has 3 rings (SSSR count). The van der Waals surface area contributed by atoms with Crippen LogP contribution in [0.1, 0.15) is 18.9 Å². The highest BCUT2D eigenvalue weighted by atomic mass is 16.5. The molecule has 2 aliphatic rings. The first-order valence-electron chi connectivity index (χ1n) is 6.93. The highest BCUT2D eigenvalue weighted by molar-refractivity contribution is 5.97. The molecule has 1 aromatic carbocycles. The molecule has 1 aromatic rings. The number of hydrogen-bond donors (Lipinski definition) is 1. The van der Waals surface area contributed by atoms with E-state index in [1.807, 2.05) is 23.1 Å². The van der Waals surface area contributed by atoms with Gasteiger partial charge in [-0.15, -0.1) is 0 Å². The molecule has 0 saturated carbocycles. The van der Waals surface area contributed by atoms with Gasteiger partial charge < -0.3 is 15.4 Å². The Morgan fingerprint density at radius 1 is 1.37 bits per heavy atom. The predicted molar refractivity (Wildman–Crippen MR) is 74.0 cm³/mol. The number of ether oxygens (including phenoxy) is 1. The SMILES string of the molecule is CC1CCc2ccccc2N1C(=O)C1COCC1N. The normalized spacial score (nSPS) is 30.2. The summed E-state index contributed by atoms with van der Waals surface area (Å²) in [6.07, 6.45) is 2.04. The fraction of sp³-hybridized carbons (Fsp3) is 0.533. The van der Waals surface area contributed by atoms with Crippen molar-refractivity contribution >= 4 is 11.6 Å². The molecule has 2 N–H and O–H groups in total. The summed E-state index contributed by atoms with van der Waals surface area (Å²) in [6, 6.07) is 8.21. The van der Waals surface area contributed by atoms with Crippen LogP contribution >= 0.6 is 0 Å². The summed E-state index contributed by atoms with van der Waals surface area (Å²) in [5.74, 6) is -0.0849. The van der Waals surface area contributed by atoms with Gasteiger partial charge in [0.1, 0.15) is 0 Å². The topological polar surface area (TPSA) is 55.6 Å². The quantitative estimate of drug-likeness (QED) is 0.828. The van der Waals surface area contributed by atoms with Gasteiger partial charge in [0.2, 0.25) is 5.91 Å². The molecule has 2 aliphatic heterocycles. The fourth-order valence-corrected chi connectivity index (χ4v) is 3.03. The number of rotatable bonds is 1.